The molecule has 0 unspecified atom stereocenters. The van der Waals surface area contributed by atoms with E-state index in [9.17, 15) is 0 Å². The van der Waals surface area contributed by atoms with Crippen LogP contribution in [0.15, 0.2) is 41.7 Å². The van der Waals surface area contributed by atoms with Gasteiger partial charge in [-0.05, 0) is 17.7 Å². The van der Waals surface area contributed by atoms with E-state index in [1.807, 2.05) is 38.5 Å². The SMILES string of the molecule is CN=C(NCc1ccc(OC)nc1)N(C)Cc1cccn1C.I. The summed E-state index contributed by atoms with van der Waals surface area (Å²) in [6.45, 7) is 1.46. The highest BCUT2D eigenvalue weighted by Crippen LogP contribution is 2.07. The maximum absolute atomic E-state index is 5.06. The number of halogens is 1. The molecule has 1 N–H and O–H groups in total. The van der Waals surface area contributed by atoms with Crippen molar-refractivity contribution >= 4 is 29.9 Å². The number of nitrogens with one attached hydrogen (secondary N) is 1. The molecule has 0 radical (unpaired) electrons. The van der Waals surface area contributed by atoms with Gasteiger partial charge in [0, 0.05) is 51.8 Å². The molecule has 0 aliphatic carbocycles. The molecule has 0 amide bonds. The second-order valence-electron chi connectivity index (χ2n) is 5.08. The second-order valence-corrected chi connectivity index (χ2v) is 5.08. The van der Waals surface area contributed by atoms with Crippen molar-refractivity contribution in [1.29, 1.82) is 0 Å². The Morgan fingerprint density at radius 1 is 1.39 bits per heavy atom. The van der Waals surface area contributed by atoms with Crippen LogP contribution in [0.5, 0.6) is 5.88 Å². The Balaban J connectivity index is 0.00000264. The molecule has 23 heavy (non-hydrogen) atoms. The predicted octanol–water partition coefficient (Wildman–Crippen LogP) is 2.25. The first kappa shape index (κ1) is 19.3. The van der Waals surface area contributed by atoms with Crippen molar-refractivity contribution in [2.45, 2.75) is 13.1 Å². The van der Waals surface area contributed by atoms with E-state index in [1.165, 1.54) is 5.69 Å². The van der Waals surface area contributed by atoms with Crippen LogP contribution in [0.2, 0.25) is 0 Å². The molecule has 0 aromatic carbocycles. The number of guanidine groups is 1. The molecule has 0 fully saturated rings. The fraction of sp³-hybridized carbons (Fsp3) is 0.375. The summed E-state index contributed by atoms with van der Waals surface area (Å²) in [6, 6.07) is 8.00. The van der Waals surface area contributed by atoms with Crippen LogP contribution < -0.4 is 10.1 Å². The van der Waals surface area contributed by atoms with Crippen molar-refractivity contribution in [2.75, 3.05) is 21.2 Å². The van der Waals surface area contributed by atoms with E-state index in [4.69, 9.17) is 4.74 Å². The summed E-state index contributed by atoms with van der Waals surface area (Å²) >= 11 is 0. The van der Waals surface area contributed by atoms with E-state index < -0.39 is 0 Å². The molecule has 0 spiro atoms. The Kier molecular flexibility index (Phi) is 7.87. The van der Waals surface area contributed by atoms with Gasteiger partial charge in [0.05, 0.1) is 13.7 Å². The zero-order valence-corrected chi connectivity index (χ0v) is 16.3. The van der Waals surface area contributed by atoms with Gasteiger partial charge in [-0.15, -0.1) is 24.0 Å². The summed E-state index contributed by atoms with van der Waals surface area (Å²) in [5.41, 5.74) is 2.31. The standard InChI is InChI=1S/C16H23N5O.HI/c1-17-16(21(3)12-14-6-5-9-20(14)2)19-11-13-7-8-15(22-4)18-10-13;/h5-10H,11-12H2,1-4H3,(H,17,19);1H. The Labute approximate surface area is 154 Å². The third-order valence-corrected chi connectivity index (χ3v) is 3.48. The van der Waals surface area contributed by atoms with Crippen molar-refractivity contribution in [1.82, 2.24) is 19.8 Å². The van der Waals surface area contributed by atoms with Gasteiger partial charge in [-0.25, -0.2) is 4.98 Å². The van der Waals surface area contributed by atoms with Gasteiger partial charge in [0.2, 0.25) is 5.88 Å². The molecule has 2 aromatic rings. The third-order valence-electron chi connectivity index (χ3n) is 3.48. The molecule has 7 heteroatoms. The smallest absolute Gasteiger partial charge is 0.212 e. The lowest BCUT2D eigenvalue weighted by atomic mass is 10.3. The first-order valence-corrected chi connectivity index (χ1v) is 7.15. The van der Waals surface area contributed by atoms with Gasteiger partial charge in [0.1, 0.15) is 0 Å². The zero-order chi connectivity index (χ0) is 15.9. The Hall–Kier alpha value is -1.77. The van der Waals surface area contributed by atoms with Gasteiger partial charge in [-0.3, -0.25) is 4.99 Å². The molecular weight excluding hydrogens is 405 g/mol. The highest BCUT2D eigenvalue weighted by atomic mass is 127. The monoisotopic (exact) mass is 429 g/mol. The van der Waals surface area contributed by atoms with Crippen LogP contribution in [-0.4, -0.2) is 41.6 Å². The molecule has 126 valence electrons. The average molecular weight is 429 g/mol. The molecule has 2 heterocycles. The fourth-order valence-electron chi connectivity index (χ4n) is 2.18. The van der Waals surface area contributed by atoms with Gasteiger partial charge < -0.3 is 19.5 Å². The number of hydrogen-bond acceptors (Lipinski definition) is 3. The normalized spacial score (nSPS) is 10.9. The number of nitrogens with zero attached hydrogens (tertiary/aromatic N) is 4. The zero-order valence-electron chi connectivity index (χ0n) is 14.0. The predicted molar refractivity (Wildman–Crippen MR) is 103 cm³/mol. The van der Waals surface area contributed by atoms with Crippen LogP contribution in [0.3, 0.4) is 0 Å². The van der Waals surface area contributed by atoms with E-state index in [-0.39, 0.29) is 24.0 Å². The summed E-state index contributed by atoms with van der Waals surface area (Å²) in [5, 5.41) is 3.34. The van der Waals surface area contributed by atoms with Crippen molar-refractivity contribution in [3.63, 3.8) is 0 Å². The number of ether oxygens (including phenoxy) is 1. The molecule has 0 aliphatic heterocycles. The van der Waals surface area contributed by atoms with E-state index in [2.05, 4.69) is 30.8 Å². The van der Waals surface area contributed by atoms with E-state index in [0.29, 0.717) is 12.4 Å². The highest BCUT2D eigenvalue weighted by molar-refractivity contribution is 14.0. The number of aromatic nitrogens is 2. The minimum Gasteiger partial charge on any atom is -0.481 e. The van der Waals surface area contributed by atoms with E-state index >= 15 is 0 Å². The molecule has 0 saturated carbocycles. The lowest BCUT2D eigenvalue weighted by Crippen LogP contribution is -2.38. The largest absolute Gasteiger partial charge is 0.481 e. The number of rotatable bonds is 5. The summed E-state index contributed by atoms with van der Waals surface area (Å²) in [6.07, 6.45) is 3.85. The van der Waals surface area contributed by atoms with E-state index in [0.717, 1.165) is 18.1 Å². The van der Waals surface area contributed by atoms with Crippen molar-refractivity contribution in [3.8, 4) is 5.88 Å². The third kappa shape index (κ3) is 5.42. The van der Waals surface area contributed by atoms with Gasteiger partial charge >= 0.3 is 0 Å². The summed E-state index contributed by atoms with van der Waals surface area (Å²) in [7, 11) is 7.47. The van der Waals surface area contributed by atoms with Crippen LogP contribution >= 0.6 is 24.0 Å². The lowest BCUT2D eigenvalue weighted by Gasteiger charge is -2.22. The van der Waals surface area contributed by atoms with Gasteiger partial charge in [-0.1, -0.05) is 6.07 Å². The van der Waals surface area contributed by atoms with Crippen molar-refractivity contribution < 1.29 is 4.74 Å². The second kappa shape index (κ2) is 9.39. The molecule has 6 nitrogen and oxygen atoms in total. The molecule has 0 atom stereocenters. The molecule has 2 rings (SSSR count). The minimum atomic E-state index is 0. The van der Waals surface area contributed by atoms with Crippen molar-refractivity contribution in [3.05, 3.63) is 47.9 Å². The number of aliphatic imine (C=N–C) groups is 1. The maximum atomic E-state index is 5.06. The lowest BCUT2D eigenvalue weighted by molar-refractivity contribution is 0.397. The molecule has 0 bridgehead atoms. The van der Waals surface area contributed by atoms with Crippen LogP contribution in [0.4, 0.5) is 0 Å². The summed E-state index contributed by atoms with van der Waals surface area (Å²) in [4.78, 5) is 10.6. The quantitative estimate of drug-likeness (QED) is 0.450. The first-order chi connectivity index (χ1) is 10.6. The molecular formula is C16H24IN5O. The highest BCUT2D eigenvalue weighted by Gasteiger charge is 2.08. The number of aryl methyl sites for hydroxylation is 1. The van der Waals surface area contributed by atoms with Crippen LogP contribution in [0.25, 0.3) is 0 Å². The minimum absolute atomic E-state index is 0. The van der Waals surface area contributed by atoms with Gasteiger partial charge in [-0.2, -0.15) is 0 Å². The van der Waals surface area contributed by atoms with E-state index in [1.54, 1.807) is 20.4 Å². The summed E-state index contributed by atoms with van der Waals surface area (Å²) in [5.74, 6) is 1.46. The fourth-order valence-corrected chi connectivity index (χ4v) is 2.18. The Morgan fingerprint density at radius 2 is 2.17 bits per heavy atom. The molecule has 2 aromatic heterocycles. The number of hydrogen-bond donors (Lipinski definition) is 1. The number of methoxy groups -OCH3 is 1. The van der Waals surface area contributed by atoms with Gasteiger partial charge in [0.25, 0.3) is 0 Å². The van der Waals surface area contributed by atoms with Gasteiger partial charge in [0.15, 0.2) is 5.96 Å². The first-order valence-electron chi connectivity index (χ1n) is 7.15. The topological polar surface area (TPSA) is 54.7 Å². The average Bonchev–Trinajstić information content (AvgIpc) is 2.93. The van der Waals surface area contributed by atoms with Crippen LogP contribution in [0, 0.1) is 0 Å². The maximum Gasteiger partial charge on any atom is 0.212 e. The summed E-state index contributed by atoms with van der Waals surface area (Å²) < 4.78 is 7.17. The van der Waals surface area contributed by atoms with Crippen LogP contribution in [0.1, 0.15) is 11.3 Å². The Bertz CT molecular complexity index is 624. The molecule has 0 saturated heterocycles. The van der Waals surface area contributed by atoms with Crippen molar-refractivity contribution in [2.24, 2.45) is 12.0 Å². The Morgan fingerprint density at radius 3 is 2.70 bits per heavy atom. The number of pyridine rings is 1. The van der Waals surface area contributed by atoms with Crippen LogP contribution in [-0.2, 0) is 20.1 Å². The molecule has 0 aliphatic rings.